The number of esters is 1. The molecule has 0 atom stereocenters. The highest BCUT2D eigenvalue weighted by Gasteiger charge is 2.08. The summed E-state index contributed by atoms with van der Waals surface area (Å²) in [6.07, 6.45) is 6.64. The highest BCUT2D eigenvalue weighted by Crippen LogP contribution is 2.06. The summed E-state index contributed by atoms with van der Waals surface area (Å²) < 4.78 is 6.25. The number of ether oxygens (including phenoxy) is 1. The standard InChI is InChI=1S/C17H17N5O3/c1-25-16(24)14-6-4-13(5-7-14)15(23)18-8-2-3-12-9-19-17-20-11-21-22(17)10-12/h4-7,9-11H,2-3,8H2,1H3,(H,18,23). The zero-order valence-corrected chi connectivity index (χ0v) is 13.7. The first-order chi connectivity index (χ1) is 12.2. The van der Waals surface area contributed by atoms with Crippen LogP contribution in [-0.2, 0) is 11.2 Å². The van der Waals surface area contributed by atoms with Crippen LogP contribution < -0.4 is 5.32 Å². The second-order valence-corrected chi connectivity index (χ2v) is 5.40. The summed E-state index contributed by atoms with van der Waals surface area (Å²) in [5.41, 5.74) is 1.93. The first-order valence-corrected chi connectivity index (χ1v) is 7.78. The molecule has 8 heteroatoms. The van der Waals surface area contributed by atoms with Gasteiger partial charge in [0, 0.05) is 24.5 Å². The van der Waals surface area contributed by atoms with Crippen molar-refractivity contribution in [3.63, 3.8) is 0 Å². The minimum Gasteiger partial charge on any atom is -0.465 e. The van der Waals surface area contributed by atoms with Gasteiger partial charge in [0.15, 0.2) is 0 Å². The molecule has 0 aliphatic heterocycles. The molecule has 1 amide bonds. The van der Waals surface area contributed by atoms with Gasteiger partial charge >= 0.3 is 5.97 Å². The predicted octanol–water partition coefficient (Wildman–Crippen LogP) is 1.27. The zero-order chi connectivity index (χ0) is 17.6. The van der Waals surface area contributed by atoms with E-state index in [9.17, 15) is 9.59 Å². The summed E-state index contributed by atoms with van der Waals surface area (Å²) in [5.74, 6) is -0.0429. The summed E-state index contributed by atoms with van der Waals surface area (Å²) in [6.45, 7) is 0.535. The Kier molecular flexibility index (Phi) is 4.98. The Morgan fingerprint density at radius 2 is 1.92 bits per heavy atom. The van der Waals surface area contributed by atoms with Crippen molar-refractivity contribution in [1.29, 1.82) is 0 Å². The molecule has 0 saturated heterocycles. The quantitative estimate of drug-likeness (QED) is 0.536. The molecule has 8 nitrogen and oxygen atoms in total. The van der Waals surface area contributed by atoms with Crippen LogP contribution in [0.2, 0.25) is 0 Å². The number of amides is 1. The Balaban J connectivity index is 1.48. The average Bonchev–Trinajstić information content (AvgIpc) is 3.12. The minimum absolute atomic E-state index is 0.179. The number of carbonyl (C=O) groups is 2. The first-order valence-electron chi connectivity index (χ1n) is 7.78. The number of methoxy groups -OCH3 is 1. The average molecular weight is 339 g/mol. The van der Waals surface area contributed by atoms with Gasteiger partial charge in [-0.3, -0.25) is 4.79 Å². The molecular formula is C17H17N5O3. The second kappa shape index (κ2) is 7.52. The Bertz CT molecular complexity index is 889. The molecule has 0 spiro atoms. The van der Waals surface area contributed by atoms with Gasteiger partial charge < -0.3 is 10.1 Å². The van der Waals surface area contributed by atoms with E-state index in [1.54, 1.807) is 35.0 Å². The molecular weight excluding hydrogens is 322 g/mol. The van der Waals surface area contributed by atoms with Crippen LogP contribution in [0.15, 0.2) is 43.0 Å². The van der Waals surface area contributed by atoms with Crippen molar-refractivity contribution >= 4 is 17.7 Å². The molecule has 128 valence electrons. The maximum Gasteiger partial charge on any atom is 0.337 e. The lowest BCUT2D eigenvalue weighted by Crippen LogP contribution is -2.24. The molecule has 3 rings (SSSR count). The van der Waals surface area contributed by atoms with Gasteiger partial charge in [0.05, 0.1) is 12.7 Å². The summed E-state index contributed by atoms with van der Waals surface area (Å²) in [6, 6.07) is 6.34. The molecule has 0 aliphatic carbocycles. The van der Waals surface area contributed by atoms with Crippen LogP contribution in [-0.4, -0.2) is 45.1 Å². The fourth-order valence-corrected chi connectivity index (χ4v) is 2.36. The van der Waals surface area contributed by atoms with Crippen molar-refractivity contribution in [3.8, 4) is 0 Å². The third-order valence-electron chi connectivity index (χ3n) is 3.68. The molecule has 25 heavy (non-hydrogen) atoms. The van der Waals surface area contributed by atoms with Crippen LogP contribution >= 0.6 is 0 Å². The molecule has 0 bridgehead atoms. The number of nitrogens with zero attached hydrogens (tertiary/aromatic N) is 4. The Morgan fingerprint density at radius 1 is 1.16 bits per heavy atom. The number of hydrogen-bond donors (Lipinski definition) is 1. The van der Waals surface area contributed by atoms with Gasteiger partial charge in [-0.05, 0) is 42.7 Å². The number of aryl methyl sites for hydroxylation is 1. The molecule has 0 aliphatic rings. The zero-order valence-electron chi connectivity index (χ0n) is 13.7. The van der Waals surface area contributed by atoms with E-state index in [0.717, 1.165) is 18.4 Å². The van der Waals surface area contributed by atoms with Crippen molar-refractivity contribution in [2.24, 2.45) is 0 Å². The van der Waals surface area contributed by atoms with Crippen molar-refractivity contribution in [2.45, 2.75) is 12.8 Å². The van der Waals surface area contributed by atoms with Gasteiger partial charge in [-0.25, -0.2) is 14.3 Å². The fourth-order valence-electron chi connectivity index (χ4n) is 2.36. The summed E-state index contributed by atoms with van der Waals surface area (Å²) in [5, 5.41) is 6.90. The highest BCUT2D eigenvalue weighted by atomic mass is 16.5. The van der Waals surface area contributed by atoms with Gasteiger partial charge in [0.1, 0.15) is 6.33 Å². The molecule has 0 radical (unpaired) electrons. The lowest BCUT2D eigenvalue weighted by atomic mass is 10.1. The SMILES string of the molecule is COC(=O)c1ccc(C(=O)NCCCc2cnc3ncnn3c2)cc1. The van der Waals surface area contributed by atoms with Crippen LogP contribution in [0.25, 0.3) is 5.78 Å². The van der Waals surface area contributed by atoms with Gasteiger partial charge in [-0.2, -0.15) is 10.1 Å². The maximum atomic E-state index is 12.1. The van der Waals surface area contributed by atoms with E-state index in [4.69, 9.17) is 0 Å². The van der Waals surface area contributed by atoms with E-state index in [2.05, 4.69) is 25.1 Å². The fraction of sp³-hybridized carbons (Fsp3) is 0.235. The van der Waals surface area contributed by atoms with Gasteiger partial charge in [-0.1, -0.05) is 0 Å². The molecule has 2 heterocycles. The summed E-state index contributed by atoms with van der Waals surface area (Å²) in [7, 11) is 1.32. The van der Waals surface area contributed by atoms with Gasteiger partial charge in [-0.15, -0.1) is 0 Å². The predicted molar refractivity (Wildman–Crippen MR) is 89.2 cm³/mol. The van der Waals surface area contributed by atoms with E-state index >= 15 is 0 Å². The number of benzene rings is 1. The Hall–Kier alpha value is -3.29. The monoisotopic (exact) mass is 339 g/mol. The number of carbonyl (C=O) groups excluding carboxylic acids is 2. The van der Waals surface area contributed by atoms with Crippen LogP contribution in [0.5, 0.6) is 0 Å². The lowest BCUT2D eigenvalue weighted by molar-refractivity contribution is 0.0600. The second-order valence-electron chi connectivity index (χ2n) is 5.40. The van der Waals surface area contributed by atoms with Crippen LogP contribution in [0.4, 0.5) is 0 Å². The van der Waals surface area contributed by atoms with E-state index in [1.807, 2.05) is 6.20 Å². The first kappa shape index (κ1) is 16.6. The largest absolute Gasteiger partial charge is 0.465 e. The summed E-state index contributed by atoms with van der Waals surface area (Å²) >= 11 is 0. The number of aromatic nitrogens is 4. The van der Waals surface area contributed by atoms with Crippen LogP contribution in [0.3, 0.4) is 0 Å². The molecule has 1 aromatic carbocycles. The van der Waals surface area contributed by atoms with Crippen molar-refractivity contribution in [1.82, 2.24) is 24.9 Å². The third-order valence-corrected chi connectivity index (χ3v) is 3.68. The molecule has 3 aromatic rings. The lowest BCUT2D eigenvalue weighted by Gasteiger charge is -2.06. The number of rotatable bonds is 6. The minimum atomic E-state index is -0.426. The van der Waals surface area contributed by atoms with E-state index in [-0.39, 0.29) is 5.91 Å². The van der Waals surface area contributed by atoms with Crippen molar-refractivity contribution in [3.05, 3.63) is 59.7 Å². The van der Waals surface area contributed by atoms with Gasteiger partial charge in [0.2, 0.25) is 0 Å². The number of hydrogen-bond acceptors (Lipinski definition) is 6. The molecule has 0 saturated carbocycles. The Morgan fingerprint density at radius 3 is 2.68 bits per heavy atom. The Labute approximate surface area is 143 Å². The number of fused-ring (bicyclic) bond motifs is 1. The van der Waals surface area contributed by atoms with Crippen LogP contribution in [0.1, 0.15) is 32.7 Å². The molecule has 1 N–H and O–H groups in total. The van der Waals surface area contributed by atoms with E-state index in [1.165, 1.54) is 13.4 Å². The molecule has 0 unspecified atom stereocenters. The summed E-state index contributed by atoms with van der Waals surface area (Å²) in [4.78, 5) is 31.6. The molecule has 0 fully saturated rings. The van der Waals surface area contributed by atoms with E-state index < -0.39 is 5.97 Å². The van der Waals surface area contributed by atoms with Crippen molar-refractivity contribution < 1.29 is 14.3 Å². The van der Waals surface area contributed by atoms with Crippen molar-refractivity contribution in [2.75, 3.05) is 13.7 Å². The normalized spacial score (nSPS) is 10.6. The number of nitrogens with one attached hydrogen (secondary N) is 1. The van der Waals surface area contributed by atoms with Crippen LogP contribution in [0, 0.1) is 0 Å². The highest BCUT2D eigenvalue weighted by molar-refractivity contribution is 5.96. The molecule has 2 aromatic heterocycles. The third kappa shape index (κ3) is 3.97. The topological polar surface area (TPSA) is 98.5 Å². The maximum absolute atomic E-state index is 12.1. The van der Waals surface area contributed by atoms with Gasteiger partial charge in [0.25, 0.3) is 11.7 Å². The van der Waals surface area contributed by atoms with E-state index in [0.29, 0.717) is 23.4 Å². The smallest absolute Gasteiger partial charge is 0.337 e.